The Labute approximate surface area is 156 Å². The molecule has 0 aromatic heterocycles. The summed E-state index contributed by atoms with van der Waals surface area (Å²) in [5.41, 5.74) is 0.509. The Morgan fingerprint density at radius 3 is 1.92 bits per heavy atom. The number of ether oxygens (including phenoxy) is 2. The molecular formula is C22H30O4. The van der Waals surface area contributed by atoms with E-state index >= 15 is 0 Å². The van der Waals surface area contributed by atoms with E-state index in [0.717, 1.165) is 57.3 Å². The second-order valence-corrected chi connectivity index (χ2v) is 8.19. The number of esters is 2. The van der Waals surface area contributed by atoms with Crippen LogP contribution in [0.25, 0.3) is 0 Å². The van der Waals surface area contributed by atoms with Gasteiger partial charge < -0.3 is 9.47 Å². The molecule has 142 valence electrons. The van der Waals surface area contributed by atoms with Crippen LogP contribution in [0.15, 0.2) is 24.3 Å². The van der Waals surface area contributed by atoms with E-state index in [9.17, 15) is 9.59 Å². The van der Waals surface area contributed by atoms with E-state index in [1.54, 1.807) is 24.3 Å². The molecule has 0 bridgehead atoms. The van der Waals surface area contributed by atoms with Gasteiger partial charge in [0.15, 0.2) is 0 Å². The summed E-state index contributed by atoms with van der Waals surface area (Å²) in [6, 6.07) is 6.73. The van der Waals surface area contributed by atoms with Gasteiger partial charge in [0.1, 0.15) is 11.9 Å². The van der Waals surface area contributed by atoms with Crippen LogP contribution in [0.5, 0.6) is 5.75 Å². The fourth-order valence-electron chi connectivity index (χ4n) is 3.92. The Kier molecular flexibility index (Phi) is 6.33. The smallest absolute Gasteiger partial charge is 0.338 e. The van der Waals surface area contributed by atoms with E-state index in [1.807, 2.05) is 0 Å². The van der Waals surface area contributed by atoms with Crippen LogP contribution in [0.1, 0.15) is 75.6 Å². The molecule has 2 aliphatic rings. The van der Waals surface area contributed by atoms with Gasteiger partial charge in [-0.25, -0.2) is 4.79 Å². The van der Waals surface area contributed by atoms with Crippen LogP contribution in [-0.2, 0) is 9.53 Å². The molecule has 0 saturated heterocycles. The Bertz CT molecular complexity index is 606. The van der Waals surface area contributed by atoms with Crippen LogP contribution in [0, 0.1) is 17.8 Å². The van der Waals surface area contributed by atoms with Gasteiger partial charge in [-0.3, -0.25) is 4.79 Å². The molecule has 2 saturated carbocycles. The minimum Gasteiger partial charge on any atom is -0.459 e. The molecule has 1 aromatic carbocycles. The summed E-state index contributed by atoms with van der Waals surface area (Å²) in [7, 11) is 0. The van der Waals surface area contributed by atoms with Crippen LogP contribution >= 0.6 is 0 Å². The molecule has 3 rings (SSSR count). The van der Waals surface area contributed by atoms with Gasteiger partial charge in [0.05, 0.1) is 11.5 Å². The second kappa shape index (κ2) is 8.70. The van der Waals surface area contributed by atoms with Crippen LogP contribution in [0.4, 0.5) is 0 Å². The van der Waals surface area contributed by atoms with Crippen molar-refractivity contribution in [3.8, 4) is 5.75 Å². The first kappa shape index (κ1) is 18.9. The first-order valence-corrected chi connectivity index (χ1v) is 10.0. The van der Waals surface area contributed by atoms with Gasteiger partial charge in [-0.2, -0.15) is 0 Å². The molecule has 0 heterocycles. The molecule has 2 fully saturated rings. The Morgan fingerprint density at radius 1 is 0.808 bits per heavy atom. The zero-order valence-electron chi connectivity index (χ0n) is 15.9. The van der Waals surface area contributed by atoms with Crippen molar-refractivity contribution in [3.05, 3.63) is 29.8 Å². The van der Waals surface area contributed by atoms with Gasteiger partial charge in [0.2, 0.25) is 0 Å². The average Bonchev–Trinajstić information content (AvgIpc) is 2.64. The van der Waals surface area contributed by atoms with Crippen molar-refractivity contribution in [2.24, 2.45) is 17.8 Å². The van der Waals surface area contributed by atoms with Crippen molar-refractivity contribution < 1.29 is 19.1 Å². The number of hydrogen-bond donors (Lipinski definition) is 0. The zero-order valence-corrected chi connectivity index (χ0v) is 15.9. The maximum Gasteiger partial charge on any atom is 0.338 e. The molecule has 0 unspecified atom stereocenters. The molecule has 0 aliphatic heterocycles. The van der Waals surface area contributed by atoms with E-state index in [0.29, 0.717) is 17.2 Å². The number of carbonyl (C=O) groups excluding carboxylic acids is 2. The minimum absolute atomic E-state index is 0.00420. The Hall–Kier alpha value is -1.84. The van der Waals surface area contributed by atoms with Crippen molar-refractivity contribution in [1.82, 2.24) is 0 Å². The number of carbonyl (C=O) groups is 2. The average molecular weight is 358 g/mol. The van der Waals surface area contributed by atoms with Crippen molar-refractivity contribution in [2.75, 3.05) is 0 Å². The topological polar surface area (TPSA) is 52.6 Å². The normalized spacial score (nSPS) is 29.0. The fourth-order valence-corrected chi connectivity index (χ4v) is 3.92. The maximum atomic E-state index is 12.3. The molecule has 4 nitrogen and oxygen atoms in total. The Balaban J connectivity index is 1.49. The summed E-state index contributed by atoms with van der Waals surface area (Å²) in [5, 5.41) is 0. The van der Waals surface area contributed by atoms with Gasteiger partial charge in [0.25, 0.3) is 0 Å². The monoisotopic (exact) mass is 358 g/mol. The number of rotatable bonds is 4. The molecule has 0 amide bonds. The molecule has 0 radical (unpaired) electrons. The summed E-state index contributed by atoms with van der Waals surface area (Å²) in [5.74, 6) is 1.50. The van der Waals surface area contributed by atoms with Crippen LogP contribution in [0.2, 0.25) is 0 Å². The molecular weight excluding hydrogens is 328 g/mol. The standard InChI is InChI=1S/C22H30O4/c1-15-3-7-17(8-4-15)21(23)26-20-13-9-18(10-14-20)22(24)25-19-11-5-16(2)6-12-19/h9-10,13-17,19H,3-8,11-12H2,1-2H3/t15-,16-,17-,19-. The van der Waals surface area contributed by atoms with Crippen molar-refractivity contribution in [1.29, 1.82) is 0 Å². The first-order chi connectivity index (χ1) is 12.5. The maximum absolute atomic E-state index is 12.3. The third-order valence-electron chi connectivity index (χ3n) is 5.89. The lowest BCUT2D eigenvalue weighted by Gasteiger charge is -2.26. The van der Waals surface area contributed by atoms with E-state index < -0.39 is 0 Å². The second-order valence-electron chi connectivity index (χ2n) is 8.19. The first-order valence-electron chi connectivity index (χ1n) is 10.0. The molecule has 0 N–H and O–H groups in total. The van der Waals surface area contributed by atoms with E-state index in [-0.39, 0.29) is 24.0 Å². The summed E-state index contributed by atoms with van der Waals surface area (Å²) in [6.07, 6.45) is 8.15. The van der Waals surface area contributed by atoms with Gasteiger partial charge in [-0.05, 0) is 87.5 Å². The largest absolute Gasteiger partial charge is 0.459 e. The molecule has 4 heteroatoms. The summed E-state index contributed by atoms with van der Waals surface area (Å²) in [6.45, 7) is 4.47. The van der Waals surface area contributed by atoms with Gasteiger partial charge in [-0.1, -0.05) is 13.8 Å². The minimum atomic E-state index is -0.288. The highest BCUT2D eigenvalue weighted by Gasteiger charge is 2.26. The summed E-state index contributed by atoms with van der Waals surface area (Å²) in [4.78, 5) is 24.5. The van der Waals surface area contributed by atoms with Crippen molar-refractivity contribution in [2.45, 2.75) is 71.3 Å². The fraction of sp³-hybridized carbons (Fsp3) is 0.636. The molecule has 0 atom stereocenters. The SMILES string of the molecule is C[C@H]1CC[C@H](OC(=O)c2ccc(OC(=O)[C@H]3CC[C@H](C)CC3)cc2)CC1. The third-order valence-corrected chi connectivity index (χ3v) is 5.89. The number of hydrogen-bond acceptors (Lipinski definition) is 4. The molecule has 2 aliphatic carbocycles. The molecule has 26 heavy (non-hydrogen) atoms. The van der Waals surface area contributed by atoms with E-state index in [4.69, 9.17) is 9.47 Å². The molecule has 0 spiro atoms. The summed E-state index contributed by atoms with van der Waals surface area (Å²) >= 11 is 0. The van der Waals surface area contributed by atoms with Crippen molar-refractivity contribution in [3.63, 3.8) is 0 Å². The van der Waals surface area contributed by atoms with Crippen LogP contribution in [0.3, 0.4) is 0 Å². The summed E-state index contributed by atoms with van der Waals surface area (Å²) < 4.78 is 11.1. The highest BCUT2D eigenvalue weighted by atomic mass is 16.5. The Morgan fingerprint density at radius 2 is 1.35 bits per heavy atom. The highest BCUT2D eigenvalue weighted by Crippen LogP contribution is 2.30. The van der Waals surface area contributed by atoms with Gasteiger partial charge in [-0.15, -0.1) is 0 Å². The lowest BCUT2D eigenvalue weighted by Crippen LogP contribution is -2.25. The van der Waals surface area contributed by atoms with E-state index in [2.05, 4.69) is 13.8 Å². The third kappa shape index (κ3) is 5.09. The van der Waals surface area contributed by atoms with E-state index in [1.165, 1.54) is 0 Å². The van der Waals surface area contributed by atoms with Crippen LogP contribution in [-0.4, -0.2) is 18.0 Å². The zero-order chi connectivity index (χ0) is 18.5. The van der Waals surface area contributed by atoms with Gasteiger partial charge in [0, 0.05) is 0 Å². The quantitative estimate of drug-likeness (QED) is 0.551. The lowest BCUT2D eigenvalue weighted by molar-refractivity contribution is -0.140. The number of benzene rings is 1. The predicted octanol–water partition coefficient (Wildman–Crippen LogP) is 5.15. The van der Waals surface area contributed by atoms with Crippen LogP contribution < -0.4 is 4.74 Å². The van der Waals surface area contributed by atoms with Gasteiger partial charge >= 0.3 is 11.9 Å². The van der Waals surface area contributed by atoms with Crippen molar-refractivity contribution >= 4 is 11.9 Å². The predicted molar refractivity (Wildman–Crippen MR) is 100 cm³/mol. The molecule has 1 aromatic rings. The highest BCUT2D eigenvalue weighted by molar-refractivity contribution is 5.89. The lowest BCUT2D eigenvalue weighted by atomic mass is 9.83.